The Morgan fingerprint density at radius 3 is 2.68 bits per heavy atom. The van der Waals surface area contributed by atoms with Crippen LogP contribution in [0.1, 0.15) is 15.9 Å². The fraction of sp³-hybridized carbons (Fsp3) is 0.0500. The number of hydrogen-bond acceptors (Lipinski definition) is 4. The highest BCUT2D eigenvalue weighted by atomic mass is 19.1. The summed E-state index contributed by atoms with van der Waals surface area (Å²) < 4.78 is 28.2. The van der Waals surface area contributed by atoms with Crippen LogP contribution in [0.4, 0.5) is 20.2 Å². The number of fused-ring (bicyclic) bond motifs is 1. The summed E-state index contributed by atoms with van der Waals surface area (Å²) in [6.45, 7) is 0.353. The first kappa shape index (κ1) is 17.6. The highest BCUT2D eigenvalue weighted by Gasteiger charge is 2.12. The highest BCUT2D eigenvalue weighted by Crippen LogP contribution is 2.22. The largest absolute Gasteiger partial charge is 0.397 e. The molecule has 2 heterocycles. The van der Waals surface area contributed by atoms with Gasteiger partial charge in [-0.3, -0.25) is 14.5 Å². The zero-order valence-corrected chi connectivity index (χ0v) is 14.6. The van der Waals surface area contributed by atoms with Crippen molar-refractivity contribution in [3.8, 4) is 0 Å². The quantitative estimate of drug-likeness (QED) is 0.531. The number of nitrogens with one attached hydrogen (secondary N) is 1. The summed E-state index contributed by atoms with van der Waals surface area (Å²) >= 11 is 0. The minimum Gasteiger partial charge on any atom is -0.397 e. The second-order valence-corrected chi connectivity index (χ2v) is 6.27. The van der Waals surface area contributed by atoms with Gasteiger partial charge in [-0.2, -0.15) is 5.10 Å². The normalized spacial score (nSPS) is 10.9. The molecule has 140 valence electrons. The van der Waals surface area contributed by atoms with Gasteiger partial charge in [-0.25, -0.2) is 8.78 Å². The van der Waals surface area contributed by atoms with Crippen molar-refractivity contribution in [2.45, 2.75) is 6.54 Å². The lowest BCUT2D eigenvalue weighted by molar-refractivity contribution is 0.102. The van der Waals surface area contributed by atoms with Gasteiger partial charge < -0.3 is 11.1 Å². The number of carbonyl (C=O) groups is 1. The van der Waals surface area contributed by atoms with Gasteiger partial charge in [0.1, 0.15) is 11.6 Å². The molecular formula is C20H15F2N5O. The highest BCUT2D eigenvalue weighted by molar-refractivity contribution is 6.07. The summed E-state index contributed by atoms with van der Waals surface area (Å²) in [5.41, 5.74) is 8.08. The van der Waals surface area contributed by atoms with E-state index in [0.717, 1.165) is 23.2 Å². The number of benzene rings is 2. The Balaban J connectivity index is 1.57. The van der Waals surface area contributed by atoms with Crippen LogP contribution in [-0.4, -0.2) is 20.7 Å². The van der Waals surface area contributed by atoms with E-state index in [2.05, 4.69) is 15.4 Å². The molecule has 6 nitrogen and oxygen atoms in total. The Morgan fingerprint density at radius 1 is 1.04 bits per heavy atom. The van der Waals surface area contributed by atoms with Crippen molar-refractivity contribution in [3.05, 3.63) is 83.8 Å². The van der Waals surface area contributed by atoms with E-state index in [9.17, 15) is 13.6 Å². The predicted octanol–water partition coefficient (Wildman–Crippen LogP) is 3.59. The van der Waals surface area contributed by atoms with Crippen LogP contribution in [0.5, 0.6) is 0 Å². The molecule has 0 unspecified atom stereocenters. The van der Waals surface area contributed by atoms with Crippen LogP contribution in [0.15, 0.2) is 61.1 Å². The number of pyridine rings is 1. The smallest absolute Gasteiger partial charge is 0.255 e. The number of nitrogen functional groups attached to an aromatic ring is 1. The molecule has 0 atom stereocenters. The molecule has 3 N–H and O–H groups in total. The number of amides is 1. The Morgan fingerprint density at radius 2 is 1.89 bits per heavy atom. The lowest BCUT2D eigenvalue weighted by Gasteiger charge is -2.09. The molecule has 0 aliphatic rings. The second-order valence-electron chi connectivity index (χ2n) is 6.27. The fourth-order valence-electron chi connectivity index (χ4n) is 2.91. The summed E-state index contributed by atoms with van der Waals surface area (Å²) in [5, 5.41) is 7.72. The monoisotopic (exact) mass is 379 g/mol. The molecule has 8 heteroatoms. The molecule has 2 aromatic heterocycles. The van der Waals surface area contributed by atoms with E-state index in [1.807, 2.05) is 0 Å². The molecule has 4 aromatic rings. The topological polar surface area (TPSA) is 85.8 Å². The summed E-state index contributed by atoms with van der Waals surface area (Å²) in [5.74, 6) is -1.26. The summed E-state index contributed by atoms with van der Waals surface area (Å²) in [6, 6.07) is 10.3. The van der Waals surface area contributed by atoms with E-state index in [1.54, 1.807) is 35.3 Å². The molecule has 0 aliphatic heterocycles. The van der Waals surface area contributed by atoms with Gasteiger partial charge in [0.2, 0.25) is 0 Å². The maximum atomic E-state index is 13.3. The first-order valence-electron chi connectivity index (χ1n) is 8.41. The lowest BCUT2D eigenvalue weighted by atomic mass is 10.1. The summed E-state index contributed by atoms with van der Waals surface area (Å²) in [6.07, 6.45) is 4.35. The standard InChI is InChI=1S/C20H15F2N5O/c21-15-2-3-18(17(23)7-15)26-20(28)13-1-4-19-14(6-13)9-25-27(19)11-12-5-16(22)10-24-8-12/h1-10H,11,23H2,(H,26,28). The fourth-order valence-corrected chi connectivity index (χ4v) is 2.91. The number of hydrogen-bond donors (Lipinski definition) is 2. The van der Waals surface area contributed by atoms with Crippen molar-refractivity contribution in [2.75, 3.05) is 11.1 Å². The van der Waals surface area contributed by atoms with Crippen molar-refractivity contribution in [1.82, 2.24) is 14.8 Å². The molecule has 28 heavy (non-hydrogen) atoms. The minimum atomic E-state index is -0.474. The van der Waals surface area contributed by atoms with Crippen LogP contribution in [-0.2, 0) is 6.54 Å². The third-order valence-electron chi connectivity index (χ3n) is 4.26. The zero-order valence-electron chi connectivity index (χ0n) is 14.6. The van der Waals surface area contributed by atoms with Gasteiger partial charge in [0, 0.05) is 17.1 Å². The van der Waals surface area contributed by atoms with Crippen molar-refractivity contribution < 1.29 is 13.6 Å². The minimum absolute atomic E-state index is 0.144. The number of halogens is 2. The van der Waals surface area contributed by atoms with Gasteiger partial charge in [-0.15, -0.1) is 0 Å². The van der Waals surface area contributed by atoms with Gasteiger partial charge >= 0.3 is 0 Å². The first-order chi connectivity index (χ1) is 13.5. The maximum Gasteiger partial charge on any atom is 0.255 e. The lowest BCUT2D eigenvalue weighted by Crippen LogP contribution is -2.13. The van der Waals surface area contributed by atoms with Crippen molar-refractivity contribution in [2.24, 2.45) is 0 Å². The van der Waals surface area contributed by atoms with E-state index in [4.69, 9.17) is 5.73 Å². The van der Waals surface area contributed by atoms with Crippen molar-refractivity contribution >= 4 is 28.2 Å². The van der Waals surface area contributed by atoms with E-state index >= 15 is 0 Å². The van der Waals surface area contributed by atoms with E-state index in [1.165, 1.54) is 18.2 Å². The Bertz CT molecular complexity index is 1190. The van der Waals surface area contributed by atoms with Crippen molar-refractivity contribution in [1.29, 1.82) is 0 Å². The van der Waals surface area contributed by atoms with E-state index < -0.39 is 11.6 Å². The van der Waals surface area contributed by atoms with Gasteiger partial charge in [0.05, 0.1) is 35.8 Å². The van der Waals surface area contributed by atoms with Gasteiger partial charge in [0.15, 0.2) is 0 Å². The van der Waals surface area contributed by atoms with Gasteiger partial charge in [-0.1, -0.05) is 0 Å². The number of nitrogens with zero attached hydrogens (tertiary/aromatic N) is 3. The molecule has 0 spiro atoms. The zero-order chi connectivity index (χ0) is 19.7. The average Bonchev–Trinajstić information content (AvgIpc) is 3.06. The van der Waals surface area contributed by atoms with E-state index in [-0.39, 0.29) is 11.6 Å². The van der Waals surface area contributed by atoms with E-state index in [0.29, 0.717) is 23.4 Å². The molecule has 0 saturated carbocycles. The molecule has 0 aliphatic carbocycles. The second kappa shape index (κ2) is 7.07. The molecule has 0 radical (unpaired) electrons. The summed E-state index contributed by atoms with van der Waals surface area (Å²) in [4.78, 5) is 16.3. The molecule has 4 rings (SSSR count). The molecule has 2 aromatic carbocycles. The van der Waals surface area contributed by atoms with Crippen LogP contribution in [0, 0.1) is 11.6 Å². The number of aromatic nitrogens is 3. The first-order valence-corrected chi connectivity index (χ1v) is 8.41. The molecule has 0 bridgehead atoms. The number of rotatable bonds is 4. The summed E-state index contributed by atoms with van der Waals surface area (Å²) in [7, 11) is 0. The van der Waals surface area contributed by atoms with Crippen LogP contribution >= 0.6 is 0 Å². The third-order valence-corrected chi connectivity index (χ3v) is 4.26. The van der Waals surface area contributed by atoms with Gasteiger partial charge in [-0.05, 0) is 48.0 Å². The van der Waals surface area contributed by atoms with Gasteiger partial charge in [0.25, 0.3) is 5.91 Å². The molecule has 1 amide bonds. The molecular weight excluding hydrogens is 364 g/mol. The van der Waals surface area contributed by atoms with Crippen molar-refractivity contribution in [3.63, 3.8) is 0 Å². The number of nitrogens with two attached hydrogens (primary N) is 1. The maximum absolute atomic E-state index is 13.3. The SMILES string of the molecule is Nc1cc(F)ccc1NC(=O)c1ccc2c(cnn2Cc2cncc(F)c2)c1. The number of carbonyl (C=O) groups excluding carboxylic acids is 1. The predicted molar refractivity (Wildman–Crippen MR) is 102 cm³/mol. The number of anilines is 2. The molecule has 0 fully saturated rings. The Labute approximate surface area is 158 Å². The van der Waals surface area contributed by atoms with Crippen LogP contribution < -0.4 is 11.1 Å². The van der Waals surface area contributed by atoms with Crippen LogP contribution in [0.2, 0.25) is 0 Å². The molecule has 0 saturated heterocycles. The third kappa shape index (κ3) is 3.52. The Hall–Kier alpha value is -3.81. The Kier molecular flexibility index (Phi) is 4.44. The average molecular weight is 379 g/mol. The van der Waals surface area contributed by atoms with Crippen LogP contribution in [0.3, 0.4) is 0 Å². The van der Waals surface area contributed by atoms with Crippen LogP contribution in [0.25, 0.3) is 10.9 Å².